The summed E-state index contributed by atoms with van der Waals surface area (Å²) in [5.74, 6) is 1.63. The molecule has 0 aliphatic carbocycles. The Labute approximate surface area is 137 Å². The number of nitrogens with zero attached hydrogens (tertiary/aromatic N) is 4. The zero-order valence-corrected chi connectivity index (χ0v) is 14.2. The quantitative estimate of drug-likeness (QED) is 0.636. The molecule has 4 rings (SSSR count). The molecule has 0 bridgehead atoms. The van der Waals surface area contributed by atoms with Gasteiger partial charge in [0.2, 0.25) is 0 Å². The zero-order valence-electron chi connectivity index (χ0n) is 12.6. The van der Waals surface area contributed by atoms with Crippen molar-refractivity contribution in [3.8, 4) is 0 Å². The molecule has 0 aromatic carbocycles. The number of halogens is 1. The molecule has 7 heteroatoms. The van der Waals surface area contributed by atoms with Gasteiger partial charge in [0, 0.05) is 48.4 Å². The van der Waals surface area contributed by atoms with Gasteiger partial charge in [0.25, 0.3) is 9.83 Å². The van der Waals surface area contributed by atoms with Crippen LogP contribution in [0.15, 0.2) is 12.4 Å². The van der Waals surface area contributed by atoms with Crippen LogP contribution in [0.3, 0.4) is 0 Å². The van der Waals surface area contributed by atoms with E-state index >= 15 is 0 Å². The Kier molecular flexibility index (Phi) is 3.47. The molecule has 0 N–H and O–H groups in total. The molecule has 1 fully saturated rings. The van der Waals surface area contributed by atoms with Gasteiger partial charge < -0.3 is 9.64 Å². The van der Waals surface area contributed by atoms with E-state index in [-0.39, 0.29) is 10.5 Å². The summed E-state index contributed by atoms with van der Waals surface area (Å²) in [5, 5.41) is 2.34. The number of methoxy groups -OCH3 is 1. The normalized spacial score (nSPS) is 18.8. The highest BCUT2D eigenvalue weighted by Gasteiger charge is 2.36. The lowest BCUT2D eigenvalue weighted by Gasteiger charge is -2.39. The molecule has 22 heavy (non-hydrogen) atoms. The van der Waals surface area contributed by atoms with Crippen LogP contribution in [0.5, 0.6) is 0 Å². The van der Waals surface area contributed by atoms with E-state index in [1.165, 1.54) is 16.0 Å². The Morgan fingerprint density at radius 2 is 2.23 bits per heavy atom. The average Bonchev–Trinajstić information content (AvgIpc) is 2.78. The summed E-state index contributed by atoms with van der Waals surface area (Å²) in [6.07, 6.45) is 8.14. The van der Waals surface area contributed by atoms with Crippen LogP contribution in [-0.4, -0.2) is 43.3 Å². The van der Waals surface area contributed by atoms with E-state index in [1.807, 2.05) is 4.42 Å². The molecular formula is C15H18ClN4OS+. The van der Waals surface area contributed by atoms with E-state index in [9.17, 15) is 0 Å². The summed E-state index contributed by atoms with van der Waals surface area (Å²) < 4.78 is 7.05. The first-order valence-corrected chi connectivity index (χ1v) is 9.27. The van der Waals surface area contributed by atoms with Gasteiger partial charge in [-0.15, -0.1) is 0 Å². The zero-order chi connectivity index (χ0) is 15.3. The van der Waals surface area contributed by atoms with Crippen molar-refractivity contribution in [2.45, 2.75) is 0 Å². The fraction of sp³-hybridized carbons (Fsp3) is 0.467. The first-order valence-electron chi connectivity index (χ1n) is 7.30. The number of aromatic nitrogens is 2. The number of fused-ring (bicyclic) bond motifs is 3. The maximum atomic E-state index is 6.40. The molecule has 0 saturated carbocycles. The molecule has 0 amide bonds. The van der Waals surface area contributed by atoms with Gasteiger partial charge in [-0.3, -0.25) is 0 Å². The van der Waals surface area contributed by atoms with E-state index in [4.69, 9.17) is 16.5 Å². The van der Waals surface area contributed by atoms with Gasteiger partial charge in [-0.25, -0.2) is 9.40 Å². The lowest BCUT2D eigenvalue weighted by atomic mass is 10.0. The van der Waals surface area contributed by atoms with Crippen molar-refractivity contribution in [2.24, 2.45) is 12.2 Å². The van der Waals surface area contributed by atoms with Gasteiger partial charge in [-0.2, -0.15) is 4.98 Å². The smallest absolute Gasteiger partial charge is 0.281 e. The van der Waals surface area contributed by atoms with Crippen LogP contribution in [0, 0.1) is 5.92 Å². The first kappa shape index (κ1) is 14.2. The molecule has 116 valence electrons. The summed E-state index contributed by atoms with van der Waals surface area (Å²) in [4.78, 5) is 12.5. The third-order valence-electron chi connectivity index (χ3n) is 4.30. The van der Waals surface area contributed by atoms with Crippen LogP contribution >= 0.6 is 22.2 Å². The highest BCUT2D eigenvalue weighted by Crippen LogP contribution is 2.49. The molecule has 2 aliphatic rings. The first-order chi connectivity index (χ1) is 10.7. The molecule has 0 radical (unpaired) electrons. The summed E-state index contributed by atoms with van der Waals surface area (Å²) >= 11 is 6.40. The molecule has 2 aromatic heterocycles. The number of anilines is 2. The monoisotopic (exact) mass is 337 g/mol. The summed E-state index contributed by atoms with van der Waals surface area (Å²) in [5.41, 5.74) is 1.19. The third kappa shape index (κ3) is 2.01. The van der Waals surface area contributed by atoms with Crippen molar-refractivity contribution < 1.29 is 4.74 Å². The molecule has 1 saturated heterocycles. The van der Waals surface area contributed by atoms with E-state index in [2.05, 4.69) is 33.3 Å². The molecule has 5 nitrogen and oxygen atoms in total. The van der Waals surface area contributed by atoms with Crippen molar-refractivity contribution in [1.29, 1.82) is 0 Å². The molecule has 4 heterocycles. The Bertz CT molecular complexity index is 754. The second-order valence-corrected chi connectivity index (χ2v) is 7.98. The van der Waals surface area contributed by atoms with Crippen LogP contribution in [-0.2, 0) is 11.0 Å². The Morgan fingerprint density at radius 3 is 3.00 bits per heavy atom. The maximum absolute atomic E-state index is 6.40. The van der Waals surface area contributed by atoms with Gasteiger partial charge in [0.15, 0.2) is 0 Å². The van der Waals surface area contributed by atoms with Crippen LogP contribution in [0.2, 0.25) is 0 Å². The second kappa shape index (κ2) is 5.37. The van der Waals surface area contributed by atoms with Crippen molar-refractivity contribution >= 4 is 49.4 Å². The Hall–Kier alpha value is -1.37. The van der Waals surface area contributed by atoms with Gasteiger partial charge in [0.05, 0.1) is 18.7 Å². The number of hydrogen-bond acceptors (Lipinski definition) is 5. The molecule has 0 spiro atoms. The molecule has 1 unspecified atom stereocenters. The van der Waals surface area contributed by atoms with Crippen molar-refractivity contribution in [3.05, 3.63) is 18.0 Å². The second-order valence-electron chi connectivity index (χ2n) is 5.78. The van der Waals surface area contributed by atoms with Crippen molar-refractivity contribution in [2.75, 3.05) is 42.7 Å². The SMILES string of the molecule is COCC1CN(c2ncnc3c2c2c([s+]3C)N(Cl)CC=C2)C1. The highest BCUT2D eigenvalue weighted by atomic mass is 35.5. The van der Waals surface area contributed by atoms with Crippen LogP contribution < -0.4 is 9.32 Å². The predicted molar refractivity (Wildman–Crippen MR) is 92.8 cm³/mol. The van der Waals surface area contributed by atoms with E-state index < -0.39 is 0 Å². The van der Waals surface area contributed by atoms with E-state index in [0.29, 0.717) is 5.92 Å². The number of rotatable bonds is 3. The fourth-order valence-corrected chi connectivity index (χ4v) is 5.54. The number of aryl methyl sites for hydroxylation is 1. The highest BCUT2D eigenvalue weighted by molar-refractivity contribution is 7.39. The third-order valence-corrected chi connectivity index (χ3v) is 6.62. The topological polar surface area (TPSA) is 41.5 Å². The maximum Gasteiger partial charge on any atom is 0.281 e. The average molecular weight is 338 g/mol. The Morgan fingerprint density at radius 1 is 1.41 bits per heavy atom. The van der Waals surface area contributed by atoms with Gasteiger partial charge >= 0.3 is 0 Å². The van der Waals surface area contributed by atoms with E-state index in [1.54, 1.807) is 13.4 Å². The lowest BCUT2D eigenvalue weighted by molar-refractivity contribution is 0.137. The molecular weight excluding hydrogens is 320 g/mol. The number of thiophene rings is 1. The molecule has 2 aromatic rings. The van der Waals surface area contributed by atoms with Gasteiger partial charge in [-0.05, 0) is 6.08 Å². The van der Waals surface area contributed by atoms with Gasteiger partial charge in [-0.1, -0.05) is 6.08 Å². The Balaban J connectivity index is 1.81. The summed E-state index contributed by atoms with van der Waals surface area (Å²) in [7, 11) is 1.67. The van der Waals surface area contributed by atoms with Crippen molar-refractivity contribution in [1.82, 2.24) is 9.97 Å². The molecule has 2 aliphatic heterocycles. The summed E-state index contributed by atoms with van der Waals surface area (Å²) in [6.45, 7) is 3.54. The lowest BCUT2D eigenvalue weighted by Crippen LogP contribution is -2.49. The number of ether oxygens (including phenoxy) is 1. The minimum absolute atomic E-state index is 0.0913. The predicted octanol–water partition coefficient (Wildman–Crippen LogP) is 2.99. The number of hydrogen-bond donors (Lipinski definition) is 0. The molecule has 1 atom stereocenters. The standard InChI is InChI=1S/C15H18ClN4OS/c1-21-8-10-6-19(7-10)13-12-11-4-3-5-20(16)15(11)22(2)14(12)18-9-17-13/h3-4,9-10H,5-8H2,1-2H3/q+1. The fourth-order valence-electron chi connectivity index (χ4n) is 3.30. The minimum atomic E-state index is -0.0913. The van der Waals surface area contributed by atoms with Crippen LogP contribution in [0.25, 0.3) is 16.3 Å². The minimum Gasteiger partial charge on any atom is -0.384 e. The van der Waals surface area contributed by atoms with Crippen LogP contribution in [0.4, 0.5) is 10.8 Å². The largest absolute Gasteiger partial charge is 0.384 e. The van der Waals surface area contributed by atoms with Gasteiger partial charge in [0.1, 0.15) is 23.8 Å². The van der Waals surface area contributed by atoms with Crippen LogP contribution in [0.1, 0.15) is 5.56 Å². The summed E-state index contributed by atoms with van der Waals surface area (Å²) in [6, 6.07) is 0. The van der Waals surface area contributed by atoms with Crippen molar-refractivity contribution in [3.63, 3.8) is 0 Å². The van der Waals surface area contributed by atoms with E-state index in [0.717, 1.165) is 36.9 Å².